The number of hydrogen-bond donors (Lipinski definition) is 0. The lowest BCUT2D eigenvalue weighted by atomic mass is 10.2. The summed E-state index contributed by atoms with van der Waals surface area (Å²) in [5.74, 6) is 0. The van der Waals surface area contributed by atoms with Gasteiger partial charge in [0.1, 0.15) is 0 Å². The van der Waals surface area contributed by atoms with Crippen LogP contribution in [0.1, 0.15) is 11.1 Å². The third-order valence-corrected chi connectivity index (χ3v) is 3.25. The van der Waals surface area contributed by atoms with Crippen LogP contribution in [0.3, 0.4) is 0 Å². The van der Waals surface area contributed by atoms with Crippen LogP contribution in [0.5, 0.6) is 0 Å². The Bertz CT molecular complexity index is 518. The maximum absolute atomic E-state index is 4.54. The number of thioether (sulfide) groups is 1. The van der Waals surface area contributed by atoms with Crippen LogP contribution >= 0.6 is 11.8 Å². The topological polar surface area (TPSA) is 12.4 Å². The molecule has 0 amide bonds. The number of rotatable bonds is 3. The van der Waals surface area contributed by atoms with Gasteiger partial charge in [-0.3, -0.25) is 4.99 Å². The zero-order valence-electron chi connectivity index (χ0n) is 10.1. The van der Waals surface area contributed by atoms with Gasteiger partial charge in [-0.25, -0.2) is 0 Å². The van der Waals surface area contributed by atoms with Crippen LogP contribution in [0, 0.1) is 6.92 Å². The lowest BCUT2D eigenvalue weighted by molar-refractivity contribution is 1.32. The Morgan fingerprint density at radius 3 is 2.53 bits per heavy atom. The maximum atomic E-state index is 4.54. The molecular formula is C15H15NS. The molecule has 0 unspecified atom stereocenters. The second-order valence-corrected chi connectivity index (χ2v) is 4.69. The summed E-state index contributed by atoms with van der Waals surface area (Å²) in [6, 6.07) is 16.5. The highest BCUT2D eigenvalue weighted by Gasteiger charge is 1.99. The summed E-state index contributed by atoms with van der Waals surface area (Å²) in [6.07, 6.45) is 3.99. The van der Waals surface area contributed by atoms with E-state index in [1.165, 1.54) is 10.5 Å². The Balaban J connectivity index is 2.27. The van der Waals surface area contributed by atoms with Gasteiger partial charge in [-0.05, 0) is 36.4 Å². The number of benzene rings is 2. The van der Waals surface area contributed by atoms with Crippen molar-refractivity contribution in [1.82, 2.24) is 0 Å². The molecule has 1 nitrogen and oxygen atoms in total. The molecule has 2 aromatic rings. The molecule has 0 saturated heterocycles. The second-order valence-electron chi connectivity index (χ2n) is 3.84. The molecule has 0 heterocycles. The minimum absolute atomic E-state index is 1.03. The van der Waals surface area contributed by atoms with Gasteiger partial charge in [0.25, 0.3) is 0 Å². The molecule has 2 heteroatoms. The summed E-state index contributed by atoms with van der Waals surface area (Å²) < 4.78 is 0. The van der Waals surface area contributed by atoms with Gasteiger partial charge in [0, 0.05) is 11.1 Å². The van der Waals surface area contributed by atoms with Gasteiger partial charge in [0.05, 0.1) is 5.69 Å². The van der Waals surface area contributed by atoms with Crippen molar-refractivity contribution in [3.63, 3.8) is 0 Å². The van der Waals surface area contributed by atoms with E-state index >= 15 is 0 Å². The molecule has 0 N–H and O–H groups in total. The Morgan fingerprint density at radius 2 is 1.82 bits per heavy atom. The van der Waals surface area contributed by atoms with E-state index in [2.05, 4.69) is 48.5 Å². The molecule has 0 aliphatic rings. The highest BCUT2D eigenvalue weighted by Crippen LogP contribution is 2.28. The van der Waals surface area contributed by atoms with E-state index in [9.17, 15) is 0 Å². The minimum Gasteiger partial charge on any atom is -0.255 e. The Kier molecular flexibility index (Phi) is 3.99. The monoisotopic (exact) mass is 241 g/mol. The van der Waals surface area contributed by atoms with E-state index in [0.29, 0.717) is 0 Å². The summed E-state index contributed by atoms with van der Waals surface area (Å²) in [6.45, 7) is 2.10. The van der Waals surface area contributed by atoms with Crippen molar-refractivity contribution in [3.05, 3.63) is 59.7 Å². The molecule has 0 spiro atoms. The van der Waals surface area contributed by atoms with E-state index in [1.807, 2.05) is 24.4 Å². The average molecular weight is 241 g/mol. The van der Waals surface area contributed by atoms with Gasteiger partial charge in [0.15, 0.2) is 0 Å². The Hall–Kier alpha value is -1.54. The predicted molar refractivity (Wildman–Crippen MR) is 76.7 cm³/mol. The Labute approximate surface area is 107 Å². The van der Waals surface area contributed by atoms with Gasteiger partial charge in [-0.15, -0.1) is 11.8 Å². The number of nitrogens with zero attached hydrogens (tertiary/aromatic N) is 1. The van der Waals surface area contributed by atoms with E-state index in [1.54, 1.807) is 11.8 Å². The Morgan fingerprint density at radius 1 is 1.06 bits per heavy atom. The van der Waals surface area contributed by atoms with E-state index in [4.69, 9.17) is 0 Å². The maximum Gasteiger partial charge on any atom is 0.0765 e. The van der Waals surface area contributed by atoms with Gasteiger partial charge in [0.2, 0.25) is 0 Å². The van der Waals surface area contributed by atoms with Crippen LogP contribution in [0.4, 0.5) is 5.69 Å². The second kappa shape index (κ2) is 5.69. The quantitative estimate of drug-likeness (QED) is 0.570. The molecule has 2 aromatic carbocycles. The first-order valence-corrected chi connectivity index (χ1v) is 6.76. The van der Waals surface area contributed by atoms with Crippen LogP contribution in [-0.4, -0.2) is 12.5 Å². The molecule has 0 saturated carbocycles. The van der Waals surface area contributed by atoms with Crippen molar-refractivity contribution in [2.24, 2.45) is 4.99 Å². The number of aliphatic imine (C=N–C) groups is 1. The standard InChI is InChI=1S/C15H15NS/c1-12-8-9-14(15(10-12)17-2)16-11-13-6-4-3-5-7-13/h3-11H,1-2H3. The molecule has 86 valence electrons. The predicted octanol–water partition coefficient (Wildman–Crippen LogP) is 4.47. The fraction of sp³-hybridized carbons (Fsp3) is 0.133. The summed E-state index contributed by atoms with van der Waals surface area (Å²) >= 11 is 1.73. The molecule has 0 atom stereocenters. The van der Waals surface area contributed by atoms with Crippen molar-refractivity contribution in [3.8, 4) is 0 Å². The minimum atomic E-state index is 1.03. The van der Waals surface area contributed by atoms with Crippen LogP contribution in [0.15, 0.2) is 58.4 Å². The van der Waals surface area contributed by atoms with Crippen molar-refractivity contribution >= 4 is 23.7 Å². The zero-order chi connectivity index (χ0) is 12.1. The molecule has 0 fully saturated rings. The van der Waals surface area contributed by atoms with Gasteiger partial charge < -0.3 is 0 Å². The van der Waals surface area contributed by atoms with Crippen LogP contribution in [-0.2, 0) is 0 Å². The lowest BCUT2D eigenvalue weighted by Crippen LogP contribution is -1.80. The highest BCUT2D eigenvalue weighted by atomic mass is 32.2. The van der Waals surface area contributed by atoms with Gasteiger partial charge >= 0.3 is 0 Å². The first-order valence-electron chi connectivity index (χ1n) is 5.53. The fourth-order valence-electron chi connectivity index (χ4n) is 1.57. The normalized spacial score (nSPS) is 10.9. The first kappa shape index (κ1) is 11.9. The van der Waals surface area contributed by atoms with E-state index in [0.717, 1.165) is 11.3 Å². The van der Waals surface area contributed by atoms with Gasteiger partial charge in [-0.1, -0.05) is 36.4 Å². The summed E-state index contributed by atoms with van der Waals surface area (Å²) in [7, 11) is 0. The lowest BCUT2D eigenvalue weighted by Gasteiger charge is -2.03. The van der Waals surface area contributed by atoms with Crippen molar-refractivity contribution in [2.45, 2.75) is 11.8 Å². The molecule has 0 radical (unpaired) electrons. The van der Waals surface area contributed by atoms with E-state index < -0.39 is 0 Å². The van der Waals surface area contributed by atoms with Crippen LogP contribution < -0.4 is 0 Å². The average Bonchev–Trinajstić information content (AvgIpc) is 2.38. The first-order chi connectivity index (χ1) is 8.29. The third-order valence-electron chi connectivity index (χ3n) is 2.49. The molecule has 17 heavy (non-hydrogen) atoms. The summed E-state index contributed by atoms with van der Waals surface area (Å²) in [4.78, 5) is 5.76. The highest BCUT2D eigenvalue weighted by molar-refractivity contribution is 7.98. The SMILES string of the molecule is CSc1cc(C)ccc1N=Cc1ccccc1. The molecule has 0 aliphatic heterocycles. The zero-order valence-corrected chi connectivity index (χ0v) is 10.9. The van der Waals surface area contributed by atoms with Gasteiger partial charge in [-0.2, -0.15) is 0 Å². The van der Waals surface area contributed by atoms with Crippen molar-refractivity contribution in [1.29, 1.82) is 0 Å². The molecule has 0 bridgehead atoms. The largest absolute Gasteiger partial charge is 0.255 e. The summed E-state index contributed by atoms with van der Waals surface area (Å²) in [5, 5.41) is 0. The molecule has 2 rings (SSSR count). The molecule has 0 aliphatic carbocycles. The molecular weight excluding hydrogens is 226 g/mol. The van der Waals surface area contributed by atoms with E-state index in [-0.39, 0.29) is 0 Å². The fourth-order valence-corrected chi connectivity index (χ4v) is 2.21. The smallest absolute Gasteiger partial charge is 0.0765 e. The summed E-state index contributed by atoms with van der Waals surface area (Å²) in [5.41, 5.74) is 3.43. The molecule has 0 aromatic heterocycles. The van der Waals surface area contributed by atoms with Crippen molar-refractivity contribution < 1.29 is 0 Å². The van der Waals surface area contributed by atoms with Crippen molar-refractivity contribution in [2.75, 3.05) is 6.26 Å². The number of aryl methyl sites for hydroxylation is 1. The number of hydrogen-bond acceptors (Lipinski definition) is 2. The van der Waals surface area contributed by atoms with Crippen LogP contribution in [0.25, 0.3) is 0 Å². The van der Waals surface area contributed by atoms with Crippen LogP contribution in [0.2, 0.25) is 0 Å². The third kappa shape index (κ3) is 3.21.